The molecule has 0 aromatic heterocycles. The first-order chi connectivity index (χ1) is 19.8. The van der Waals surface area contributed by atoms with E-state index in [9.17, 15) is 4.79 Å². The summed E-state index contributed by atoms with van der Waals surface area (Å²) >= 11 is 0. The number of allylic oxidation sites excluding steroid dienone is 2. The van der Waals surface area contributed by atoms with Crippen LogP contribution < -0.4 is 0 Å². The summed E-state index contributed by atoms with van der Waals surface area (Å²) < 4.78 is 5.43. The van der Waals surface area contributed by atoms with Gasteiger partial charge in [0.05, 0.1) is 6.61 Å². The van der Waals surface area contributed by atoms with E-state index in [0.29, 0.717) is 19.6 Å². The molecule has 0 atom stereocenters. The Hall–Kier alpha value is -0.830. The molecule has 0 aliphatic rings. The molecule has 0 rings (SSSR count). The zero-order valence-corrected chi connectivity index (χ0v) is 27.3. The summed E-state index contributed by atoms with van der Waals surface area (Å²) in [5.74, 6) is 0.00988. The zero-order valence-electron chi connectivity index (χ0n) is 27.3. The number of ether oxygens (including phenoxy) is 1. The van der Waals surface area contributed by atoms with Crippen LogP contribution in [0.15, 0.2) is 12.2 Å². The molecule has 0 unspecified atom stereocenters. The second-order valence-electron chi connectivity index (χ2n) is 12.3. The summed E-state index contributed by atoms with van der Waals surface area (Å²) in [6.45, 7) is 3.25. The van der Waals surface area contributed by atoms with Gasteiger partial charge in [-0.2, -0.15) is 0 Å². The minimum atomic E-state index is 0.00988. The summed E-state index contributed by atoms with van der Waals surface area (Å²) in [6, 6.07) is 0. The molecule has 0 amide bonds. The van der Waals surface area contributed by atoms with Crippen molar-refractivity contribution >= 4 is 5.97 Å². The first-order valence-electron chi connectivity index (χ1n) is 18.2. The molecule has 0 aromatic carbocycles. The van der Waals surface area contributed by atoms with Crippen LogP contribution in [0.25, 0.3) is 0 Å². The minimum absolute atomic E-state index is 0.00988. The van der Waals surface area contributed by atoms with Crippen LogP contribution in [0.3, 0.4) is 0 Å². The predicted molar refractivity (Wildman–Crippen MR) is 176 cm³/mol. The van der Waals surface area contributed by atoms with Gasteiger partial charge in [0, 0.05) is 13.0 Å². The van der Waals surface area contributed by atoms with E-state index in [1.165, 1.54) is 167 Å². The zero-order chi connectivity index (χ0) is 29.0. The molecule has 0 radical (unpaired) electrons. The van der Waals surface area contributed by atoms with E-state index in [0.717, 1.165) is 25.7 Å². The van der Waals surface area contributed by atoms with Crippen molar-refractivity contribution in [2.24, 2.45) is 0 Å². The van der Waals surface area contributed by atoms with Crippen molar-refractivity contribution in [2.45, 2.75) is 206 Å². The highest BCUT2D eigenvalue weighted by Gasteiger charge is 2.02. The van der Waals surface area contributed by atoms with Gasteiger partial charge >= 0.3 is 5.97 Å². The maximum atomic E-state index is 11.9. The number of hydrogen-bond donors (Lipinski definition) is 1. The Morgan fingerprint density at radius 3 is 1.25 bits per heavy atom. The van der Waals surface area contributed by atoms with Crippen molar-refractivity contribution in [3.05, 3.63) is 12.2 Å². The molecule has 0 bridgehead atoms. The highest BCUT2D eigenvalue weighted by Crippen LogP contribution is 2.14. The van der Waals surface area contributed by atoms with Gasteiger partial charge in [0.2, 0.25) is 0 Å². The van der Waals surface area contributed by atoms with Gasteiger partial charge < -0.3 is 9.84 Å². The molecule has 0 heterocycles. The van der Waals surface area contributed by atoms with E-state index >= 15 is 0 Å². The third-order valence-electron chi connectivity index (χ3n) is 8.21. The van der Waals surface area contributed by atoms with Crippen LogP contribution in [-0.4, -0.2) is 24.3 Å². The number of carbonyl (C=O) groups excluding carboxylic acids is 1. The van der Waals surface area contributed by atoms with E-state index in [-0.39, 0.29) is 5.97 Å². The molecule has 0 fully saturated rings. The minimum Gasteiger partial charge on any atom is -0.466 e. The summed E-state index contributed by atoms with van der Waals surface area (Å²) in [7, 11) is 0. The maximum Gasteiger partial charge on any atom is 0.305 e. The Morgan fingerprint density at radius 1 is 0.475 bits per heavy atom. The number of carbonyl (C=O) groups is 1. The molecule has 238 valence electrons. The van der Waals surface area contributed by atoms with Gasteiger partial charge in [-0.25, -0.2) is 0 Å². The number of hydrogen-bond acceptors (Lipinski definition) is 3. The Kier molecular flexibility index (Phi) is 35.4. The van der Waals surface area contributed by atoms with Crippen molar-refractivity contribution in [3.8, 4) is 0 Å². The molecular formula is C37H72O3. The fourth-order valence-corrected chi connectivity index (χ4v) is 5.46. The fraction of sp³-hybridized carbons (Fsp3) is 0.919. The van der Waals surface area contributed by atoms with Crippen molar-refractivity contribution in [1.29, 1.82) is 0 Å². The van der Waals surface area contributed by atoms with E-state index in [2.05, 4.69) is 19.1 Å². The number of esters is 1. The van der Waals surface area contributed by atoms with Crippen molar-refractivity contribution < 1.29 is 14.6 Å². The van der Waals surface area contributed by atoms with Crippen molar-refractivity contribution in [1.82, 2.24) is 0 Å². The summed E-state index contributed by atoms with van der Waals surface area (Å²) in [6.07, 6.45) is 44.3. The molecule has 0 saturated carbocycles. The van der Waals surface area contributed by atoms with Gasteiger partial charge in [-0.15, -0.1) is 0 Å². The van der Waals surface area contributed by atoms with Crippen LogP contribution in [0, 0.1) is 0 Å². The van der Waals surface area contributed by atoms with E-state index in [1.54, 1.807) is 0 Å². The van der Waals surface area contributed by atoms with Crippen LogP contribution in [0.1, 0.15) is 206 Å². The largest absolute Gasteiger partial charge is 0.466 e. The second kappa shape index (κ2) is 36.2. The smallest absolute Gasteiger partial charge is 0.305 e. The predicted octanol–water partition coefficient (Wildman–Crippen LogP) is 12.2. The molecule has 1 N–H and O–H groups in total. The normalized spacial score (nSPS) is 11.6. The lowest BCUT2D eigenvalue weighted by molar-refractivity contribution is -0.143. The SMILES string of the molecule is CCCCCCCC/C=C\CCCCCCCC(=O)OCCCCCCCCCCCCCCCCCCCO. The van der Waals surface area contributed by atoms with Gasteiger partial charge in [-0.1, -0.05) is 167 Å². The summed E-state index contributed by atoms with van der Waals surface area (Å²) in [5, 5.41) is 8.78. The van der Waals surface area contributed by atoms with Crippen molar-refractivity contribution in [3.63, 3.8) is 0 Å². The van der Waals surface area contributed by atoms with Gasteiger partial charge in [-0.05, 0) is 44.9 Å². The van der Waals surface area contributed by atoms with Crippen molar-refractivity contribution in [2.75, 3.05) is 13.2 Å². The summed E-state index contributed by atoms with van der Waals surface area (Å²) in [4.78, 5) is 11.9. The molecule has 0 aromatic rings. The maximum absolute atomic E-state index is 11.9. The summed E-state index contributed by atoms with van der Waals surface area (Å²) in [5.41, 5.74) is 0. The standard InChI is InChI=1S/C37H72O3/c1-2-3-4-5-6-7-8-9-13-16-19-22-25-28-31-34-37(39)40-36-33-30-27-24-21-18-15-12-10-11-14-17-20-23-26-29-32-35-38/h9,13,38H,2-8,10-12,14-36H2,1H3/b13-9-. The van der Waals surface area contributed by atoms with Gasteiger partial charge in [0.1, 0.15) is 0 Å². The van der Waals surface area contributed by atoms with E-state index < -0.39 is 0 Å². The van der Waals surface area contributed by atoms with Crippen LogP contribution in [0.2, 0.25) is 0 Å². The Balaban J connectivity index is 3.18. The molecule has 40 heavy (non-hydrogen) atoms. The lowest BCUT2D eigenvalue weighted by atomic mass is 10.0. The van der Waals surface area contributed by atoms with Crippen LogP contribution in [-0.2, 0) is 9.53 Å². The van der Waals surface area contributed by atoms with Gasteiger partial charge in [-0.3, -0.25) is 4.79 Å². The monoisotopic (exact) mass is 565 g/mol. The van der Waals surface area contributed by atoms with Crippen LogP contribution in [0.5, 0.6) is 0 Å². The van der Waals surface area contributed by atoms with Crippen LogP contribution >= 0.6 is 0 Å². The van der Waals surface area contributed by atoms with Gasteiger partial charge in [0.25, 0.3) is 0 Å². The quantitative estimate of drug-likeness (QED) is 0.0480. The first kappa shape index (κ1) is 39.2. The Labute approximate surface area is 251 Å². The van der Waals surface area contributed by atoms with Gasteiger partial charge in [0.15, 0.2) is 0 Å². The molecule has 0 aliphatic carbocycles. The Bertz CT molecular complexity index is 502. The molecule has 0 aliphatic heterocycles. The Morgan fingerprint density at radius 2 is 0.825 bits per heavy atom. The number of rotatable bonds is 34. The molecule has 0 saturated heterocycles. The highest BCUT2D eigenvalue weighted by molar-refractivity contribution is 5.69. The average molecular weight is 565 g/mol. The second-order valence-corrected chi connectivity index (χ2v) is 12.3. The lowest BCUT2D eigenvalue weighted by Crippen LogP contribution is -2.05. The first-order valence-corrected chi connectivity index (χ1v) is 18.2. The number of unbranched alkanes of at least 4 members (excludes halogenated alkanes) is 27. The van der Waals surface area contributed by atoms with E-state index in [1.807, 2.05) is 0 Å². The third-order valence-corrected chi connectivity index (χ3v) is 8.21. The molecule has 3 heteroatoms. The number of aliphatic hydroxyl groups is 1. The van der Waals surface area contributed by atoms with Crippen LogP contribution in [0.4, 0.5) is 0 Å². The fourth-order valence-electron chi connectivity index (χ4n) is 5.46. The van der Waals surface area contributed by atoms with E-state index in [4.69, 9.17) is 9.84 Å². The topological polar surface area (TPSA) is 46.5 Å². The number of aliphatic hydroxyl groups excluding tert-OH is 1. The average Bonchev–Trinajstić information content (AvgIpc) is 2.96. The lowest BCUT2D eigenvalue weighted by Gasteiger charge is -2.05. The molecule has 0 spiro atoms. The molecule has 3 nitrogen and oxygen atoms in total. The third kappa shape index (κ3) is 35.2. The molecular weight excluding hydrogens is 492 g/mol. The highest BCUT2D eigenvalue weighted by atomic mass is 16.5.